The van der Waals surface area contributed by atoms with Gasteiger partial charge in [-0.1, -0.05) is 16.4 Å². The van der Waals surface area contributed by atoms with Gasteiger partial charge in [-0.25, -0.2) is 0 Å². The van der Waals surface area contributed by atoms with Gasteiger partial charge in [0.2, 0.25) is 5.75 Å². The van der Waals surface area contributed by atoms with Crippen LogP contribution in [0.3, 0.4) is 0 Å². The van der Waals surface area contributed by atoms with Gasteiger partial charge in [-0.3, -0.25) is 0 Å². The van der Waals surface area contributed by atoms with Crippen molar-refractivity contribution in [3.63, 3.8) is 0 Å². The second kappa shape index (κ2) is 6.40. The Balaban J connectivity index is 2.31. The molecule has 0 saturated heterocycles. The zero-order valence-electron chi connectivity index (χ0n) is 11.4. The highest BCUT2D eigenvalue weighted by Gasteiger charge is 2.15. The Hall–Kier alpha value is -2.06. The molecule has 0 radical (unpaired) electrons. The summed E-state index contributed by atoms with van der Waals surface area (Å²) in [4.78, 5) is 0. The van der Waals surface area contributed by atoms with Gasteiger partial charge in [-0.15, -0.1) is 5.10 Å². The molecule has 0 saturated carbocycles. The summed E-state index contributed by atoms with van der Waals surface area (Å²) in [6.45, 7) is 0.330. The molecule has 2 aromatic rings. The molecule has 2 rings (SSSR count). The van der Waals surface area contributed by atoms with Gasteiger partial charge in [-0.05, 0) is 0 Å². The maximum atomic E-state index is 5.62. The Kier molecular flexibility index (Phi) is 4.59. The van der Waals surface area contributed by atoms with Crippen LogP contribution < -0.4 is 24.7 Å². The number of nitrogens with two attached hydrogens (primary N) is 1. The average molecular weight is 297 g/mol. The summed E-state index contributed by atoms with van der Waals surface area (Å²) < 4.78 is 21.3. The van der Waals surface area contributed by atoms with Gasteiger partial charge in [0.25, 0.3) is 5.19 Å². The van der Waals surface area contributed by atoms with E-state index in [9.17, 15) is 0 Å². The van der Waals surface area contributed by atoms with E-state index < -0.39 is 0 Å². The van der Waals surface area contributed by atoms with Crippen molar-refractivity contribution in [2.24, 2.45) is 5.73 Å². The van der Waals surface area contributed by atoms with Crippen molar-refractivity contribution >= 4 is 11.3 Å². The van der Waals surface area contributed by atoms with E-state index in [4.69, 9.17) is 24.7 Å². The van der Waals surface area contributed by atoms with E-state index in [0.717, 1.165) is 0 Å². The number of nitrogens with zero attached hydrogens (tertiary/aromatic N) is 2. The Morgan fingerprint density at radius 2 is 1.70 bits per heavy atom. The average Bonchev–Trinajstić information content (AvgIpc) is 2.93. The van der Waals surface area contributed by atoms with Crippen molar-refractivity contribution < 1.29 is 18.9 Å². The molecule has 8 heteroatoms. The molecule has 0 aliphatic carbocycles. The second-order valence-electron chi connectivity index (χ2n) is 3.63. The molecule has 108 valence electrons. The fraction of sp³-hybridized carbons (Fsp3) is 0.333. The van der Waals surface area contributed by atoms with Gasteiger partial charge in [0.05, 0.1) is 21.3 Å². The first-order valence-electron chi connectivity index (χ1n) is 5.72. The summed E-state index contributed by atoms with van der Waals surface area (Å²) in [5, 5.41) is 8.87. The predicted octanol–water partition coefficient (Wildman–Crippen LogP) is 1.81. The molecule has 1 aromatic carbocycles. The van der Waals surface area contributed by atoms with E-state index in [1.54, 1.807) is 33.5 Å². The van der Waals surface area contributed by atoms with Gasteiger partial charge in [0.1, 0.15) is 10.8 Å². The molecular weight excluding hydrogens is 282 g/mol. The van der Waals surface area contributed by atoms with Crippen LogP contribution in [0.5, 0.6) is 28.2 Å². The topological polar surface area (TPSA) is 88.7 Å². The van der Waals surface area contributed by atoms with Crippen LogP contribution in [0.4, 0.5) is 0 Å². The summed E-state index contributed by atoms with van der Waals surface area (Å²) in [6.07, 6.45) is 0. The maximum Gasteiger partial charge on any atom is 0.299 e. The van der Waals surface area contributed by atoms with Crippen LogP contribution in [0.2, 0.25) is 0 Å². The lowest BCUT2D eigenvalue weighted by Crippen LogP contribution is -1.96. The van der Waals surface area contributed by atoms with E-state index >= 15 is 0 Å². The number of ether oxygens (including phenoxy) is 4. The van der Waals surface area contributed by atoms with E-state index in [1.807, 2.05) is 0 Å². The molecule has 2 N–H and O–H groups in total. The molecule has 0 aliphatic rings. The molecule has 0 spiro atoms. The molecule has 0 aliphatic heterocycles. The minimum absolute atomic E-state index is 0.330. The summed E-state index contributed by atoms with van der Waals surface area (Å²) >= 11 is 1.28. The number of rotatable bonds is 6. The SMILES string of the molecule is COc1cc(Oc2nnc(CN)s2)cc(OC)c1OC. The quantitative estimate of drug-likeness (QED) is 0.869. The molecule has 0 bridgehead atoms. The first-order chi connectivity index (χ1) is 9.71. The predicted molar refractivity (Wildman–Crippen MR) is 74.0 cm³/mol. The lowest BCUT2D eigenvalue weighted by Gasteiger charge is -2.13. The van der Waals surface area contributed by atoms with Crippen LogP contribution in [0.25, 0.3) is 0 Å². The minimum Gasteiger partial charge on any atom is -0.493 e. The highest BCUT2D eigenvalue weighted by Crippen LogP contribution is 2.42. The fourth-order valence-electron chi connectivity index (χ4n) is 1.58. The van der Waals surface area contributed by atoms with E-state index in [2.05, 4.69) is 10.2 Å². The number of hydrogen-bond donors (Lipinski definition) is 1. The largest absolute Gasteiger partial charge is 0.493 e. The minimum atomic E-state index is 0.330. The Morgan fingerprint density at radius 1 is 1.05 bits per heavy atom. The number of methoxy groups -OCH3 is 3. The Bertz CT molecular complexity index is 563. The van der Waals surface area contributed by atoms with Crippen LogP contribution >= 0.6 is 11.3 Å². The zero-order chi connectivity index (χ0) is 14.5. The fourth-order valence-corrected chi connectivity index (χ4v) is 2.16. The van der Waals surface area contributed by atoms with Crippen LogP contribution in [0, 0.1) is 0 Å². The molecule has 0 atom stereocenters. The highest BCUT2D eigenvalue weighted by molar-refractivity contribution is 7.13. The van der Waals surface area contributed by atoms with Crippen LogP contribution in [-0.2, 0) is 6.54 Å². The van der Waals surface area contributed by atoms with E-state index in [-0.39, 0.29) is 0 Å². The summed E-state index contributed by atoms with van der Waals surface area (Å²) in [5.74, 6) is 2.03. The second-order valence-corrected chi connectivity index (χ2v) is 4.65. The van der Waals surface area contributed by atoms with E-state index in [1.165, 1.54) is 11.3 Å². The van der Waals surface area contributed by atoms with Crippen molar-refractivity contribution in [1.82, 2.24) is 10.2 Å². The lowest BCUT2D eigenvalue weighted by atomic mass is 10.2. The third kappa shape index (κ3) is 2.91. The van der Waals surface area contributed by atoms with Crippen molar-refractivity contribution in [2.45, 2.75) is 6.54 Å². The van der Waals surface area contributed by atoms with Crippen LogP contribution in [-0.4, -0.2) is 31.5 Å². The summed E-state index contributed by atoms with van der Waals surface area (Å²) in [7, 11) is 4.62. The molecule has 20 heavy (non-hydrogen) atoms. The molecule has 7 nitrogen and oxygen atoms in total. The Morgan fingerprint density at radius 3 is 2.15 bits per heavy atom. The van der Waals surface area contributed by atoms with Crippen molar-refractivity contribution in [3.8, 4) is 28.2 Å². The number of aromatic nitrogens is 2. The normalized spacial score (nSPS) is 10.2. The van der Waals surface area contributed by atoms with Gasteiger partial charge >= 0.3 is 0 Å². The first kappa shape index (κ1) is 14.4. The third-order valence-electron chi connectivity index (χ3n) is 2.47. The molecule has 1 aromatic heterocycles. The van der Waals surface area contributed by atoms with E-state index in [0.29, 0.717) is 39.7 Å². The highest BCUT2D eigenvalue weighted by atomic mass is 32.1. The Labute approximate surface area is 120 Å². The molecule has 0 amide bonds. The summed E-state index contributed by atoms with van der Waals surface area (Å²) in [5.41, 5.74) is 5.48. The van der Waals surface area contributed by atoms with Crippen LogP contribution in [0.15, 0.2) is 12.1 Å². The molecule has 0 fully saturated rings. The molecule has 1 heterocycles. The third-order valence-corrected chi connectivity index (χ3v) is 3.29. The van der Waals surface area contributed by atoms with Crippen molar-refractivity contribution in [2.75, 3.05) is 21.3 Å². The molecule has 0 unspecified atom stereocenters. The first-order valence-corrected chi connectivity index (χ1v) is 6.53. The standard InChI is InChI=1S/C12H15N3O4S/c1-16-8-4-7(5-9(17-2)11(8)18-3)19-12-15-14-10(6-13)20-12/h4-5H,6,13H2,1-3H3. The monoisotopic (exact) mass is 297 g/mol. The van der Waals surface area contributed by atoms with Crippen molar-refractivity contribution in [3.05, 3.63) is 17.1 Å². The zero-order valence-corrected chi connectivity index (χ0v) is 12.2. The van der Waals surface area contributed by atoms with Gasteiger partial charge in [-0.2, -0.15) is 0 Å². The van der Waals surface area contributed by atoms with Gasteiger partial charge in [0.15, 0.2) is 11.5 Å². The molecular formula is C12H15N3O4S. The summed E-state index contributed by atoms with van der Waals surface area (Å²) in [6, 6.07) is 3.37. The van der Waals surface area contributed by atoms with Crippen molar-refractivity contribution in [1.29, 1.82) is 0 Å². The van der Waals surface area contributed by atoms with Gasteiger partial charge < -0.3 is 24.7 Å². The number of hydrogen-bond acceptors (Lipinski definition) is 8. The lowest BCUT2D eigenvalue weighted by molar-refractivity contribution is 0.321. The smallest absolute Gasteiger partial charge is 0.299 e. The van der Waals surface area contributed by atoms with Crippen LogP contribution in [0.1, 0.15) is 5.01 Å². The van der Waals surface area contributed by atoms with Gasteiger partial charge in [0, 0.05) is 18.7 Å². The maximum absolute atomic E-state index is 5.62. The number of benzene rings is 1.